The minimum absolute atomic E-state index is 0.619. The Balaban J connectivity index is 2.20. The number of hydrogen-bond acceptors (Lipinski definition) is 4. The van der Waals surface area contributed by atoms with E-state index in [1.807, 2.05) is 0 Å². The Labute approximate surface area is 102 Å². The van der Waals surface area contributed by atoms with Crippen LogP contribution >= 0.6 is 11.3 Å². The zero-order valence-electron chi connectivity index (χ0n) is 10.2. The zero-order chi connectivity index (χ0) is 11.5. The molecule has 1 aromatic heterocycles. The molecule has 1 fully saturated rings. The van der Waals surface area contributed by atoms with Gasteiger partial charge in [0.15, 0.2) is 5.13 Å². The number of anilines is 1. The first-order valence-corrected chi connectivity index (χ1v) is 7.01. The van der Waals surface area contributed by atoms with Crippen molar-refractivity contribution in [3.63, 3.8) is 0 Å². The predicted octanol–water partition coefficient (Wildman–Crippen LogP) is 2.68. The first kappa shape index (κ1) is 11.9. The molecular formula is C12H21N3S. The van der Waals surface area contributed by atoms with Crippen LogP contribution in [0.2, 0.25) is 0 Å². The number of nitrogens with zero attached hydrogens (tertiary/aromatic N) is 2. The summed E-state index contributed by atoms with van der Waals surface area (Å²) in [7, 11) is 0. The van der Waals surface area contributed by atoms with Crippen LogP contribution in [0, 0.1) is 6.92 Å². The topological polar surface area (TPSA) is 42.2 Å². The fraction of sp³-hybridized carbons (Fsp3) is 0.750. The first-order valence-electron chi connectivity index (χ1n) is 6.19. The highest BCUT2D eigenvalue weighted by Gasteiger charge is 2.23. The molecule has 0 aromatic carbocycles. The molecule has 1 aliphatic heterocycles. The van der Waals surface area contributed by atoms with Gasteiger partial charge >= 0.3 is 0 Å². The molecule has 2 N–H and O–H groups in total. The summed E-state index contributed by atoms with van der Waals surface area (Å²) >= 11 is 1.77. The van der Waals surface area contributed by atoms with Gasteiger partial charge in [0.2, 0.25) is 0 Å². The van der Waals surface area contributed by atoms with Crippen molar-refractivity contribution in [2.45, 2.75) is 52.1 Å². The SMILES string of the molecule is CCC1CCCCN1c1nc(C)c(CN)s1. The van der Waals surface area contributed by atoms with Gasteiger partial charge in [-0.1, -0.05) is 6.92 Å². The van der Waals surface area contributed by atoms with Crippen molar-refractivity contribution in [2.24, 2.45) is 5.73 Å². The van der Waals surface area contributed by atoms with Gasteiger partial charge in [-0.25, -0.2) is 4.98 Å². The minimum atomic E-state index is 0.619. The van der Waals surface area contributed by atoms with E-state index in [-0.39, 0.29) is 0 Å². The summed E-state index contributed by atoms with van der Waals surface area (Å²) < 4.78 is 0. The highest BCUT2D eigenvalue weighted by atomic mass is 32.1. The van der Waals surface area contributed by atoms with E-state index in [2.05, 4.69) is 23.7 Å². The van der Waals surface area contributed by atoms with Gasteiger partial charge in [0, 0.05) is 24.0 Å². The summed E-state index contributed by atoms with van der Waals surface area (Å²) in [5, 5.41) is 1.18. The van der Waals surface area contributed by atoms with Crippen LogP contribution in [0.4, 0.5) is 5.13 Å². The molecule has 16 heavy (non-hydrogen) atoms. The summed E-state index contributed by atoms with van der Waals surface area (Å²) in [6, 6.07) is 0.685. The monoisotopic (exact) mass is 239 g/mol. The molecule has 0 bridgehead atoms. The number of thiazole rings is 1. The van der Waals surface area contributed by atoms with Crippen LogP contribution in [-0.2, 0) is 6.54 Å². The number of nitrogens with two attached hydrogens (primary N) is 1. The van der Waals surface area contributed by atoms with Crippen LogP contribution in [0.3, 0.4) is 0 Å². The summed E-state index contributed by atoms with van der Waals surface area (Å²) in [6.45, 7) is 6.12. The summed E-state index contributed by atoms with van der Waals surface area (Å²) in [6.07, 6.45) is 5.19. The van der Waals surface area contributed by atoms with Gasteiger partial charge in [-0.3, -0.25) is 0 Å². The molecule has 2 heterocycles. The van der Waals surface area contributed by atoms with Crippen molar-refractivity contribution in [1.82, 2.24) is 4.98 Å². The van der Waals surface area contributed by atoms with E-state index in [0.717, 1.165) is 12.2 Å². The molecule has 0 saturated carbocycles. The summed E-state index contributed by atoms with van der Waals surface area (Å²) in [5.41, 5.74) is 6.83. The number of hydrogen-bond donors (Lipinski definition) is 1. The first-order chi connectivity index (χ1) is 7.76. The maximum absolute atomic E-state index is 5.71. The van der Waals surface area contributed by atoms with Gasteiger partial charge < -0.3 is 10.6 Å². The second-order valence-corrected chi connectivity index (χ2v) is 5.52. The molecule has 3 nitrogen and oxygen atoms in total. The molecule has 90 valence electrons. The molecule has 1 aliphatic rings. The smallest absolute Gasteiger partial charge is 0.186 e. The van der Waals surface area contributed by atoms with Crippen LogP contribution in [0.1, 0.15) is 43.2 Å². The second kappa shape index (κ2) is 5.15. The lowest BCUT2D eigenvalue weighted by atomic mass is 10.0. The molecule has 2 rings (SSSR count). The van der Waals surface area contributed by atoms with E-state index in [9.17, 15) is 0 Å². The van der Waals surface area contributed by atoms with Crippen LogP contribution < -0.4 is 10.6 Å². The van der Waals surface area contributed by atoms with E-state index in [1.165, 1.54) is 35.7 Å². The van der Waals surface area contributed by atoms with Crippen LogP contribution in [-0.4, -0.2) is 17.6 Å². The molecule has 0 radical (unpaired) electrons. The van der Waals surface area contributed by atoms with E-state index in [1.54, 1.807) is 11.3 Å². The molecular weight excluding hydrogens is 218 g/mol. The lowest BCUT2D eigenvalue weighted by molar-refractivity contribution is 0.449. The Hall–Kier alpha value is -0.610. The number of piperidine rings is 1. The third kappa shape index (κ3) is 2.23. The minimum Gasteiger partial charge on any atom is -0.345 e. The molecule has 1 atom stereocenters. The Morgan fingerprint density at radius 3 is 2.94 bits per heavy atom. The van der Waals surface area contributed by atoms with E-state index >= 15 is 0 Å². The molecule has 0 spiro atoms. The Morgan fingerprint density at radius 1 is 1.50 bits per heavy atom. The largest absolute Gasteiger partial charge is 0.345 e. The second-order valence-electron chi connectivity index (χ2n) is 4.46. The van der Waals surface area contributed by atoms with Crippen molar-refractivity contribution in [2.75, 3.05) is 11.4 Å². The number of rotatable bonds is 3. The van der Waals surface area contributed by atoms with Crippen molar-refractivity contribution in [3.05, 3.63) is 10.6 Å². The molecule has 1 aromatic rings. The summed E-state index contributed by atoms with van der Waals surface area (Å²) in [4.78, 5) is 8.39. The number of aromatic nitrogens is 1. The van der Waals surface area contributed by atoms with E-state index in [0.29, 0.717) is 12.6 Å². The van der Waals surface area contributed by atoms with Gasteiger partial charge in [0.25, 0.3) is 0 Å². The van der Waals surface area contributed by atoms with Crippen LogP contribution in [0.15, 0.2) is 0 Å². The standard InChI is InChI=1S/C12H21N3S/c1-3-10-6-4-5-7-15(10)12-14-9(2)11(8-13)16-12/h10H,3-8,13H2,1-2H3. The van der Waals surface area contributed by atoms with Crippen molar-refractivity contribution < 1.29 is 0 Å². The Kier molecular flexibility index (Phi) is 3.82. The van der Waals surface area contributed by atoms with Crippen molar-refractivity contribution >= 4 is 16.5 Å². The highest BCUT2D eigenvalue weighted by Crippen LogP contribution is 2.31. The van der Waals surface area contributed by atoms with Crippen LogP contribution in [0.5, 0.6) is 0 Å². The van der Waals surface area contributed by atoms with Crippen molar-refractivity contribution in [3.8, 4) is 0 Å². The Morgan fingerprint density at radius 2 is 2.31 bits per heavy atom. The molecule has 1 saturated heterocycles. The maximum atomic E-state index is 5.71. The third-order valence-electron chi connectivity index (χ3n) is 3.41. The zero-order valence-corrected chi connectivity index (χ0v) is 11.0. The average Bonchev–Trinajstić information content (AvgIpc) is 2.70. The maximum Gasteiger partial charge on any atom is 0.186 e. The van der Waals surface area contributed by atoms with Gasteiger partial charge in [-0.15, -0.1) is 11.3 Å². The van der Waals surface area contributed by atoms with E-state index < -0.39 is 0 Å². The molecule has 4 heteroatoms. The number of aryl methyl sites for hydroxylation is 1. The average molecular weight is 239 g/mol. The fourth-order valence-corrected chi connectivity index (χ4v) is 3.44. The lowest BCUT2D eigenvalue weighted by Gasteiger charge is -2.35. The van der Waals surface area contributed by atoms with Crippen LogP contribution in [0.25, 0.3) is 0 Å². The van der Waals surface area contributed by atoms with Gasteiger partial charge in [-0.05, 0) is 32.6 Å². The summed E-state index contributed by atoms with van der Waals surface area (Å²) in [5.74, 6) is 0. The highest BCUT2D eigenvalue weighted by molar-refractivity contribution is 7.15. The Bertz CT molecular complexity index is 348. The normalized spacial score (nSPS) is 21.4. The molecule has 0 aliphatic carbocycles. The van der Waals surface area contributed by atoms with Gasteiger partial charge in [0.05, 0.1) is 5.69 Å². The van der Waals surface area contributed by atoms with Gasteiger partial charge in [-0.2, -0.15) is 0 Å². The molecule has 1 unspecified atom stereocenters. The fourth-order valence-electron chi connectivity index (χ4n) is 2.40. The van der Waals surface area contributed by atoms with Crippen molar-refractivity contribution in [1.29, 1.82) is 0 Å². The molecule has 0 amide bonds. The predicted molar refractivity (Wildman–Crippen MR) is 70.0 cm³/mol. The third-order valence-corrected chi connectivity index (χ3v) is 4.63. The lowest BCUT2D eigenvalue weighted by Crippen LogP contribution is -2.39. The van der Waals surface area contributed by atoms with E-state index in [4.69, 9.17) is 5.73 Å². The van der Waals surface area contributed by atoms with Gasteiger partial charge in [0.1, 0.15) is 0 Å². The quantitative estimate of drug-likeness (QED) is 0.882.